The minimum Gasteiger partial charge on any atom is -0.356 e. The lowest BCUT2D eigenvalue weighted by Crippen LogP contribution is -2.45. The molecule has 2 rings (SSSR count). The van der Waals surface area contributed by atoms with Crippen molar-refractivity contribution in [1.29, 1.82) is 0 Å². The van der Waals surface area contributed by atoms with Gasteiger partial charge >= 0.3 is 6.18 Å². The van der Waals surface area contributed by atoms with Crippen molar-refractivity contribution < 1.29 is 13.2 Å². The molecule has 2 atom stereocenters. The Morgan fingerprint density at radius 3 is 2.64 bits per heavy atom. The molecule has 1 fully saturated rings. The van der Waals surface area contributed by atoms with Crippen LogP contribution in [0.4, 0.5) is 13.2 Å². The molecule has 0 spiro atoms. The molecule has 1 saturated heterocycles. The fourth-order valence-electron chi connectivity index (χ4n) is 3.57. The van der Waals surface area contributed by atoms with Gasteiger partial charge < -0.3 is 10.6 Å². The molecule has 1 aromatic carbocycles. The Morgan fingerprint density at radius 2 is 2.00 bits per heavy atom. The lowest BCUT2D eigenvalue weighted by molar-refractivity contribution is -0.143. The largest absolute Gasteiger partial charge is 0.401 e. The Bertz CT molecular complexity index is 606. The molecule has 158 valence electrons. The summed E-state index contributed by atoms with van der Waals surface area (Å²) in [6.45, 7) is 4.18. The van der Waals surface area contributed by atoms with Crippen LogP contribution in [0.1, 0.15) is 25.3 Å². The van der Waals surface area contributed by atoms with Crippen molar-refractivity contribution in [3.05, 3.63) is 35.9 Å². The minimum absolute atomic E-state index is 0.304. The molecular weight excluding hydrogens is 367 g/mol. The number of guanidine groups is 1. The van der Waals surface area contributed by atoms with Crippen molar-refractivity contribution >= 4 is 5.96 Å². The van der Waals surface area contributed by atoms with Crippen molar-refractivity contribution in [2.45, 2.75) is 44.6 Å². The van der Waals surface area contributed by atoms with Crippen LogP contribution in [0, 0.1) is 0 Å². The van der Waals surface area contributed by atoms with Gasteiger partial charge in [-0.05, 0) is 38.9 Å². The van der Waals surface area contributed by atoms with E-state index in [4.69, 9.17) is 0 Å². The van der Waals surface area contributed by atoms with Crippen LogP contribution in [0.3, 0.4) is 0 Å². The Morgan fingerprint density at radius 1 is 1.29 bits per heavy atom. The molecular formula is C20H32F3N5. The average Bonchev–Trinajstić information content (AvgIpc) is 2.96. The van der Waals surface area contributed by atoms with Gasteiger partial charge in [0.25, 0.3) is 0 Å². The highest BCUT2D eigenvalue weighted by Crippen LogP contribution is 2.20. The minimum atomic E-state index is -4.15. The maximum Gasteiger partial charge on any atom is 0.401 e. The van der Waals surface area contributed by atoms with E-state index in [1.54, 1.807) is 7.05 Å². The molecule has 8 heteroatoms. The summed E-state index contributed by atoms with van der Waals surface area (Å²) in [5.41, 5.74) is 1.31. The maximum absolute atomic E-state index is 12.3. The molecule has 1 aliphatic rings. The number of hydrogen-bond donors (Lipinski definition) is 2. The van der Waals surface area contributed by atoms with Crippen LogP contribution >= 0.6 is 0 Å². The van der Waals surface area contributed by atoms with E-state index in [2.05, 4.69) is 51.7 Å². The zero-order chi connectivity index (χ0) is 20.6. The van der Waals surface area contributed by atoms with Crippen LogP contribution in [-0.2, 0) is 6.54 Å². The topological polar surface area (TPSA) is 42.9 Å². The van der Waals surface area contributed by atoms with Gasteiger partial charge in [-0.1, -0.05) is 30.3 Å². The van der Waals surface area contributed by atoms with Crippen LogP contribution in [-0.4, -0.2) is 74.3 Å². The van der Waals surface area contributed by atoms with Crippen molar-refractivity contribution in [1.82, 2.24) is 20.4 Å². The van der Waals surface area contributed by atoms with Crippen molar-refractivity contribution in [2.24, 2.45) is 4.99 Å². The van der Waals surface area contributed by atoms with Crippen molar-refractivity contribution in [3.8, 4) is 0 Å². The van der Waals surface area contributed by atoms with E-state index in [0.29, 0.717) is 37.6 Å². The number of halogens is 3. The fraction of sp³-hybridized carbons (Fsp3) is 0.650. The van der Waals surface area contributed by atoms with Crippen LogP contribution < -0.4 is 10.6 Å². The Balaban J connectivity index is 1.70. The normalized spacial score (nSPS) is 21.3. The molecule has 28 heavy (non-hydrogen) atoms. The van der Waals surface area contributed by atoms with Gasteiger partial charge in [0, 0.05) is 38.8 Å². The number of nitrogens with one attached hydrogen (secondary N) is 2. The first-order valence-corrected chi connectivity index (χ1v) is 9.77. The highest BCUT2D eigenvalue weighted by molar-refractivity contribution is 5.80. The molecule has 0 aliphatic carbocycles. The van der Waals surface area contributed by atoms with Crippen molar-refractivity contribution in [3.63, 3.8) is 0 Å². The molecule has 5 nitrogen and oxygen atoms in total. The van der Waals surface area contributed by atoms with Gasteiger partial charge in [0.05, 0.1) is 6.54 Å². The molecule has 0 amide bonds. The van der Waals surface area contributed by atoms with Gasteiger partial charge in [-0.15, -0.1) is 0 Å². The molecule has 2 N–H and O–H groups in total. The summed E-state index contributed by atoms with van der Waals surface area (Å²) in [5, 5.41) is 6.65. The Kier molecular flexibility index (Phi) is 8.57. The zero-order valence-corrected chi connectivity index (χ0v) is 17.0. The number of aliphatic imine (C=N–C) groups is 1. The maximum atomic E-state index is 12.3. The molecule has 0 radical (unpaired) electrons. The SMILES string of the molecule is CN=C(NCCCN(C)CC(F)(F)F)NC1CC(C)N(Cc2ccccc2)C1. The monoisotopic (exact) mass is 399 g/mol. The number of hydrogen-bond acceptors (Lipinski definition) is 3. The van der Waals surface area contributed by atoms with Gasteiger partial charge in [0.1, 0.15) is 0 Å². The van der Waals surface area contributed by atoms with Gasteiger partial charge in [-0.25, -0.2) is 0 Å². The molecule has 0 aromatic heterocycles. The summed E-state index contributed by atoms with van der Waals surface area (Å²) in [5.74, 6) is 0.706. The van der Waals surface area contributed by atoms with E-state index in [1.165, 1.54) is 17.5 Å². The number of rotatable bonds is 8. The fourth-order valence-corrected chi connectivity index (χ4v) is 3.57. The van der Waals surface area contributed by atoms with Gasteiger partial charge in [0.2, 0.25) is 0 Å². The summed E-state index contributed by atoms with van der Waals surface area (Å²) in [7, 11) is 3.20. The Labute approximate surface area is 166 Å². The molecule has 1 aliphatic heterocycles. The van der Waals surface area contributed by atoms with Crippen molar-refractivity contribution in [2.75, 3.05) is 40.3 Å². The third kappa shape index (κ3) is 8.06. The second-order valence-corrected chi connectivity index (χ2v) is 7.55. The third-order valence-electron chi connectivity index (χ3n) is 4.96. The van der Waals surface area contributed by atoms with Crippen LogP contribution in [0.2, 0.25) is 0 Å². The first-order chi connectivity index (χ1) is 13.3. The predicted molar refractivity (Wildman–Crippen MR) is 107 cm³/mol. The first-order valence-electron chi connectivity index (χ1n) is 9.77. The lowest BCUT2D eigenvalue weighted by Gasteiger charge is -2.21. The molecule has 1 aromatic rings. The Hall–Kier alpha value is -1.80. The summed E-state index contributed by atoms with van der Waals surface area (Å²) >= 11 is 0. The summed E-state index contributed by atoms with van der Waals surface area (Å²) in [4.78, 5) is 7.98. The second-order valence-electron chi connectivity index (χ2n) is 7.55. The summed E-state index contributed by atoms with van der Waals surface area (Å²) in [6, 6.07) is 11.2. The van der Waals surface area contributed by atoms with Crippen LogP contribution in [0.25, 0.3) is 0 Å². The standard InChI is InChI=1S/C20H32F3N5/c1-16-12-18(14-28(16)13-17-8-5-4-6-9-17)26-19(24-2)25-10-7-11-27(3)15-20(21,22)23/h4-6,8-9,16,18H,7,10-15H2,1-3H3,(H2,24,25,26). The van der Waals surface area contributed by atoms with E-state index in [9.17, 15) is 13.2 Å². The number of nitrogens with zero attached hydrogens (tertiary/aromatic N) is 3. The third-order valence-corrected chi connectivity index (χ3v) is 4.96. The smallest absolute Gasteiger partial charge is 0.356 e. The zero-order valence-electron chi connectivity index (χ0n) is 17.0. The number of alkyl halides is 3. The molecule has 0 saturated carbocycles. The predicted octanol–water partition coefficient (Wildman–Crippen LogP) is 2.70. The highest BCUT2D eigenvalue weighted by atomic mass is 19.4. The second kappa shape index (κ2) is 10.7. The number of benzene rings is 1. The molecule has 1 heterocycles. The summed E-state index contributed by atoms with van der Waals surface area (Å²) in [6.07, 6.45) is -2.50. The van der Waals surface area contributed by atoms with E-state index in [1.807, 2.05) is 6.07 Å². The first kappa shape index (κ1) is 22.5. The van der Waals surface area contributed by atoms with Crippen LogP contribution in [0.5, 0.6) is 0 Å². The molecule has 2 unspecified atom stereocenters. The van der Waals surface area contributed by atoms with Gasteiger partial charge in [-0.2, -0.15) is 13.2 Å². The quantitative estimate of drug-likeness (QED) is 0.401. The average molecular weight is 400 g/mol. The van der Waals surface area contributed by atoms with E-state index >= 15 is 0 Å². The summed E-state index contributed by atoms with van der Waals surface area (Å²) < 4.78 is 37.0. The van der Waals surface area contributed by atoms with E-state index < -0.39 is 12.7 Å². The van der Waals surface area contributed by atoms with Gasteiger partial charge in [0.15, 0.2) is 5.96 Å². The van der Waals surface area contributed by atoms with E-state index in [0.717, 1.165) is 19.5 Å². The lowest BCUT2D eigenvalue weighted by atomic mass is 10.2. The highest BCUT2D eigenvalue weighted by Gasteiger charge is 2.30. The molecule has 0 bridgehead atoms. The number of likely N-dealkylation sites (tertiary alicyclic amines) is 1. The van der Waals surface area contributed by atoms with Gasteiger partial charge in [-0.3, -0.25) is 14.8 Å². The van der Waals surface area contributed by atoms with Crippen LogP contribution in [0.15, 0.2) is 35.3 Å². The van der Waals surface area contributed by atoms with E-state index in [-0.39, 0.29) is 0 Å².